The van der Waals surface area contributed by atoms with Crippen molar-refractivity contribution in [1.82, 2.24) is 4.98 Å². The van der Waals surface area contributed by atoms with E-state index in [9.17, 15) is 4.79 Å². The molecule has 5 nitrogen and oxygen atoms in total. The van der Waals surface area contributed by atoms with Crippen LogP contribution in [0, 0.1) is 5.41 Å². The third-order valence-corrected chi connectivity index (χ3v) is 3.80. The highest BCUT2D eigenvalue weighted by Gasteiger charge is 2.40. The van der Waals surface area contributed by atoms with E-state index in [0.717, 1.165) is 16.8 Å². The molecule has 0 aliphatic carbocycles. The third-order valence-electron chi connectivity index (χ3n) is 3.80. The van der Waals surface area contributed by atoms with Crippen LogP contribution >= 0.6 is 0 Å². The Balaban J connectivity index is 2.01. The van der Waals surface area contributed by atoms with Crippen LogP contribution in [-0.2, 0) is 4.74 Å². The fraction of sp³-hybridized carbons (Fsp3) is 0.294. The molecule has 114 valence electrons. The van der Waals surface area contributed by atoms with Crippen molar-refractivity contribution in [3.05, 3.63) is 48.2 Å². The summed E-state index contributed by atoms with van der Waals surface area (Å²) < 4.78 is 11.2. The second-order valence-electron chi connectivity index (χ2n) is 6.06. The van der Waals surface area contributed by atoms with Gasteiger partial charge < -0.3 is 15.2 Å². The van der Waals surface area contributed by atoms with E-state index < -0.39 is 12.2 Å². The summed E-state index contributed by atoms with van der Waals surface area (Å²) in [7, 11) is 0. The maximum atomic E-state index is 11.2. The summed E-state index contributed by atoms with van der Waals surface area (Å²) in [6.07, 6.45) is 0.545. The quantitative estimate of drug-likeness (QED) is 0.923. The van der Waals surface area contributed by atoms with E-state index >= 15 is 0 Å². The summed E-state index contributed by atoms with van der Waals surface area (Å²) >= 11 is 0. The van der Waals surface area contributed by atoms with Gasteiger partial charge in [0.1, 0.15) is 11.9 Å². The van der Waals surface area contributed by atoms with Crippen LogP contribution in [0.2, 0.25) is 0 Å². The first-order valence-electron chi connectivity index (χ1n) is 7.11. The molecule has 5 heteroatoms. The largest absolute Gasteiger partial charge is 0.492 e. The lowest BCUT2D eigenvalue weighted by Gasteiger charge is -2.38. The van der Waals surface area contributed by atoms with Gasteiger partial charge in [0.25, 0.3) is 0 Å². The molecule has 1 unspecified atom stereocenters. The van der Waals surface area contributed by atoms with Crippen LogP contribution in [0.4, 0.5) is 4.79 Å². The van der Waals surface area contributed by atoms with Gasteiger partial charge >= 0.3 is 6.09 Å². The normalized spacial score (nSPS) is 18.9. The van der Waals surface area contributed by atoms with Crippen molar-refractivity contribution in [2.45, 2.75) is 20.0 Å². The van der Waals surface area contributed by atoms with Crippen molar-refractivity contribution in [2.24, 2.45) is 11.1 Å². The molecular weight excluding hydrogens is 280 g/mol. The minimum atomic E-state index is -0.778. The molecule has 3 rings (SSSR count). The summed E-state index contributed by atoms with van der Waals surface area (Å²) in [5.41, 5.74) is 7.52. The van der Waals surface area contributed by atoms with Crippen LogP contribution < -0.4 is 10.5 Å². The SMILES string of the molecule is CC1(C)COc2cc(-c3ccccn3)ccc2C1OC(N)=O. The maximum absolute atomic E-state index is 11.2. The molecule has 1 aromatic heterocycles. The monoisotopic (exact) mass is 298 g/mol. The number of carbonyl (C=O) groups excluding carboxylic acids is 1. The number of carbonyl (C=O) groups is 1. The first-order chi connectivity index (χ1) is 10.5. The smallest absolute Gasteiger partial charge is 0.405 e. The predicted octanol–water partition coefficient (Wildman–Crippen LogP) is 3.30. The second-order valence-corrected chi connectivity index (χ2v) is 6.06. The number of fused-ring (bicyclic) bond motifs is 1. The van der Waals surface area contributed by atoms with Crippen LogP contribution in [0.5, 0.6) is 5.75 Å². The van der Waals surface area contributed by atoms with Gasteiger partial charge in [-0.05, 0) is 18.2 Å². The molecule has 1 aromatic carbocycles. The molecule has 22 heavy (non-hydrogen) atoms. The number of primary amides is 1. The number of aromatic nitrogens is 1. The molecule has 1 aliphatic heterocycles. The van der Waals surface area contributed by atoms with Crippen LogP contribution in [-0.4, -0.2) is 17.7 Å². The van der Waals surface area contributed by atoms with Crippen LogP contribution in [0.3, 0.4) is 0 Å². The highest BCUT2D eigenvalue weighted by Crippen LogP contribution is 2.46. The van der Waals surface area contributed by atoms with E-state index in [-0.39, 0.29) is 5.41 Å². The van der Waals surface area contributed by atoms with Gasteiger partial charge in [0.05, 0.1) is 12.3 Å². The Kier molecular flexibility index (Phi) is 3.48. The number of nitrogens with two attached hydrogens (primary N) is 1. The van der Waals surface area contributed by atoms with E-state index in [1.807, 2.05) is 50.2 Å². The number of hydrogen-bond acceptors (Lipinski definition) is 4. The highest BCUT2D eigenvalue weighted by molar-refractivity contribution is 5.66. The van der Waals surface area contributed by atoms with Crippen LogP contribution in [0.25, 0.3) is 11.3 Å². The fourth-order valence-electron chi connectivity index (χ4n) is 2.67. The van der Waals surface area contributed by atoms with E-state index in [1.165, 1.54) is 0 Å². The number of nitrogens with zero attached hydrogens (tertiary/aromatic N) is 1. The van der Waals surface area contributed by atoms with Gasteiger partial charge in [-0.15, -0.1) is 0 Å². The Morgan fingerprint density at radius 1 is 1.36 bits per heavy atom. The molecule has 2 N–H and O–H groups in total. The van der Waals surface area contributed by atoms with E-state index in [4.69, 9.17) is 15.2 Å². The Morgan fingerprint density at radius 3 is 2.86 bits per heavy atom. The van der Waals surface area contributed by atoms with Gasteiger partial charge in [-0.2, -0.15) is 0 Å². The Hall–Kier alpha value is -2.56. The van der Waals surface area contributed by atoms with Gasteiger partial charge in [0, 0.05) is 22.7 Å². The molecule has 0 radical (unpaired) electrons. The van der Waals surface area contributed by atoms with Crippen molar-refractivity contribution in [3.8, 4) is 17.0 Å². The Bertz CT molecular complexity index is 698. The number of amides is 1. The van der Waals surface area contributed by atoms with Crippen molar-refractivity contribution in [2.75, 3.05) is 6.61 Å². The number of ether oxygens (including phenoxy) is 2. The molecule has 0 spiro atoms. The minimum absolute atomic E-state index is 0.339. The molecule has 2 heterocycles. The first kappa shape index (κ1) is 14.4. The number of hydrogen-bond donors (Lipinski definition) is 1. The predicted molar refractivity (Wildman–Crippen MR) is 82.4 cm³/mol. The van der Waals surface area contributed by atoms with Crippen molar-refractivity contribution < 1.29 is 14.3 Å². The summed E-state index contributed by atoms with van der Waals surface area (Å²) in [4.78, 5) is 15.5. The van der Waals surface area contributed by atoms with Gasteiger partial charge in [-0.3, -0.25) is 4.98 Å². The fourth-order valence-corrected chi connectivity index (χ4v) is 2.67. The van der Waals surface area contributed by atoms with Crippen molar-refractivity contribution >= 4 is 6.09 Å². The van der Waals surface area contributed by atoms with E-state index in [1.54, 1.807) is 6.20 Å². The standard InChI is InChI=1S/C17H18N2O3/c1-17(2)10-21-14-9-11(13-5-3-4-8-19-13)6-7-12(14)15(17)22-16(18)20/h3-9,15H,10H2,1-2H3,(H2,18,20). The van der Waals surface area contributed by atoms with Crippen molar-refractivity contribution in [1.29, 1.82) is 0 Å². The average Bonchev–Trinajstić information content (AvgIpc) is 2.50. The Labute approximate surface area is 129 Å². The lowest BCUT2D eigenvalue weighted by atomic mass is 9.80. The van der Waals surface area contributed by atoms with Crippen LogP contribution in [0.1, 0.15) is 25.5 Å². The Morgan fingerprint density at radius 2 is 2.18 bits per heavy atom. The molecular formula is C17H18N2O3. The molecule has 1 atom stereocenters. The molecule has 0 fully saturated rings. The summed E-state index contributed by atoms with van der Waals surface area (Å²) in [6.45, 7) is 4.41. The van der Waals surface area contributed by atoms with E-state index in [0.29, 0.717) is 12.4 Å². The number of benzene rings is 1. The molecule has 1 aliphatic rings. The minimum Gasteiger partial charge on any atom is -0.492 e. The average molecular weight is 298 g/mol. The second kappa shape index (κ2) is 5.33. The number of rotatable bonds is 2. The van der Waals surface area contributed by atoms with Gasteiger partial charge in [-0.25, -0.2) is 4.79 Å². The molecule has 2 aromatic rings. The maximum Gasteiger partial charge on any atom is 0.405 e. The molecule has 0 saturated heterocycles. The first-order valence-corrected chi connectivity index (χ1v) is 7.11. The van der Waals surface area contributed by atoms with Crippen LogP contribution in [0.15, 0.2) is 42.6 Å². The molecule has 0 saturated carbocycles. The van der Waals surface area contributed by atoms with Gasteiger partial charge in [0.2, 0.25) is 0 Å². The topological polar surface area (TPSA) is 74.4 Å². The zero-order valence-electron chi connectivity index (χ0n) is 12.6. The molecule has 0 bridgehead atoms. The lowest BCUT2D eigenvalue weighted by molar-refractivity contribution is -0.0176. The highest BCUT2D eigenvalue weighted by atomic mass is 16.6. The van der Waals surface area contributed by atoms with Gasteiger partial charge in [-0.1, -0.05) is 32.0 Å². The summed E-state index contributed by atoms with van der Waals surface area (Å²) in [6, 6.07) is 11.5. The number of pyridine rings is 1. The zero-order valence-corrected chi connectivity index (χ0v) is 12.6. The van der Waals surface area contributed by atoms with Crippen molar-refractivity contribution in [3.63, 3.8) is 0 Å². The van der Waals surface area contributed by atoms with Gasteiger partial charge in [0.15, 0.2) is 0 Å². The summed E-state index contributed by atoms with van der Waals surface area (Å²) in [5, 5.41) is 0. The zero-order chi connectivity index (χ0) is 15.7. The summed E-state index contributed by atoms with van der Waals surface area (Å²) in [5.74, 6) is 0.703. The molecule has 1 amide bonds. The van der Waals surface area contributed by atoms with E-state index in [2.05, 4.69) is 4.98 Å². The third kappa shape index (κ3) is 2.62. The lowest BCUT2D eigenvalue weighted by Crippen LogP contribution is -2.37.